The summed E-state index contributed by atoms with van der Waals surface area (Å²) in [7, 11) is 0. The zero-order valence-corrected chi connectivity index (χ0v) is 11.4. The Morgan fingerprint density at radius 2 is 1.84 bits per heavy atom. The molecule has 0 aromatic heterocycles. The topological polar surface area (TPSA) is 74.6 Å². The molecule has 1 aromatic rings. The number of carboxylic acids is 1. The summed E-state index contributed by atoms with van der Waals surface area (Å²) in [4.78, 5) is 20.9. The molecule has 0 aliphatic rings. The number of benzene rings is 1. The van der Waals surface area contributed by atoms with Crippen LogP contribution in [0.2, 0.25) is 0 Å². The number of hydrogen-bond acceptors (Lipinski definition) is 3. The molecule has 4 nitrogen and oxygen atoms in total. The highest BCUT2D eigenvalue weighted by atomic mass is 79.9. The molecule has 0 bridgehead atoms. The maximum absolute atomic E-state index is 12.9. The third-order valence-electron chi connectivity index (χ3n) is 2.53. The Hall–Kier alpha value is -1.34. The third kappa shape index (κ3) is 3.57. The van der Waals surface area contributed by atoms with E-state index in [1.807, 2.05) is 0 Å². The molecule has 0 aliphatic carbocycles. The lowest BCUT2D eigenvalue weighted by Gasteiger charge is -2.15. The SMILES string of the molecule is CC(=O)C(Br)c1ccc(C(O)C(=O)O)cc1C(F)F. The first-order valence-electron chi connectivity index (χ1n) is 5.23. The minimum absolute atomic E-state index is 0.0591. The predicted molar refractivity (Wildman–Crippen MR) is 66.3 cm³/mol. The van der Waals surface area contributed by atoms with E-state index in [0.29, 0.717) is 0 Å². The number of carboxylic acid groups (broad SMARTS) is 1. The number of aliphatic hydroxyl groups is 1. The lowest BCUT2D eigenvalue weighted by Crippen LogP contribution is -2.12. The molecule has 0 heterocycles. The summed E-state index contributed by atoms with van der Waals surface area (Å²) in [5, 5.41) is 18.0. The fourth-order valence-electron chi connectivity index (χ4n) is 1.54. The van der Waals surface area contributed by atoms with E-state index in [1.165, 1.54) is 19.1 Å². The summed E-state index contributed by atoms with van der Waals surface area (Å²) in [6.07, 6.45) is -4.76. The van der Waals surface area contributed by atoms with Crippen molar-refractivity contribution in [3.05, 3.63) is 34.9 Å². The average Bonchev–Trinajstić information content (AvgIpc) is 2.35. The monoisotopic (exact) mass is 336 g/mol. The molecule has 2 atom stereocenters. The first-order chi connectivity index (χ1) is 8.75. The van der Waals surface area contributed by atoms with Crippen LogP contribution in [0.1, 0.15) is 41.0 Å². The normalized spacial score (nSPS) is 14.2. The molecule has 0 aliphatic heterocycles. The van der Waals surface area contributed by atoms with Crippen molar-refractivity contribution in [2.45, 2.75) is 24.3 Å². The summed E-state index contributed by atoms with van der Waals surface area (Å²) in [6.45, 7) is 1.24. The van der Waals surface area contributed by atoms with Gasteiger partial charge in [-0.05, 0) is 24.1 Å². The van der Waals surface area contributed by atoms with Gasteiger partial charge in [-0.25, -0.2) is 13.6 Å². The summed E-state index contributed by atoms with van der Waals surface area (Å²) >= 11 is 3.00. The first-order valence-corrected chi connectivity index (χ1v) is 6.14. The van der Waals surface area contributed by atoms with Crippen LogP contribution in [-0.2, 0) is 9.59 Å². The average molecular weight is 337 g/mol. The third-order valence-corrected chi connectivity index (χ3v) is 3.66. The standard InChI is InChI=1S/C12H11BrF2O4/c1-5(16)9(13)7-3-2-6(10(17)12(18)19)4-8(7)11(14)15/h2-4,9-11,17H,1H3,(H,18,19). The highest BCUT2D eigenvalue weighted by molar-refractivity contribution is 9.09. The Labute approximate surface area is 116 Å². The number of Topliss-reactive ketones (excluding diaryl/α,β-unsaturated/α-hetero) is 1. The van der Waals surface area contributed by atoms with Gasteiger partial charge in [0.05, 0.1) is 4.83 Å². The van der Waals surface area contributed by atoms with E-state index in [0.717, 1.165) is 6.07 Å². The van der Waals surface area contributed by atoms with Crippen molar-refractivity contribution in [3.8, 4) is 0 Å². The largest absolute Gasteiger partial charge is 0.479 e. The number of aliphatic hydroxyl groups excluding tert-OH is 1. The maximum Gasteiger partial charge on any atom is 0.337 e. The number of aliphatic carboxylic acids is 1. The van der Waals surface area contributed by atoms with Crippen molar-refractivity contribution in [3.63, 3.8) is 0 Å². The lowest BCUT2D eigenvalue weighted by molar-refractivity contribution is -0.147. The molecule has 0 amide bonds. The molecule has 0 spiro atoms. The highest BCUT2D eigenvalue weighted by Gasteiger charge is 2.24. The van der Waals surface area contributed by atoms with E-state index in [4.69, 9.17) is 5.11 Å². The molecule has 2 unspecified atom stereocenters. The Morgan fingerprint density at radius 3 is 2.26 bits per heavy atom. The van der Waals surface area contributed by atoms with Crippen LogP contribution in [0.15, 0.2) is 18.2 Å². The van der Waals surface area contributed by atoms with Gasteiger partial charge in [0.1, 0.15) is 5.78 Å². The molecule has 1 rings (SSSR count). The molecular formula is C12H11BrF2O4. The van der Waals surface area contributed by atoms with Crippen LogP contribution < -0.4 is 0 Å². The molecule has 0 saturated heterocycles. The van der Waals surface area contributed by atoms with Crippen LogP contribution in [0.4, 0.5) is 8.78 Å². The van der Waals surface area contributed by atoms with Crippen molar-refractivity contribution in [1.29, 1.82) is 0 Å². The fourth-order valence-corrected chi connectivity index (χ4v) is 1.96. The van der Waals surface area contributed by atoms with Crippen molar-refractivity contribution in [1.82, 2.24) is 0 Å². The summed E-state index contributed by atoms with van der Waals surface area (Å²) < 4.78 is 25.9. The van der Waals surface area contributed by atoms with Gasteiger partial charge in [-0.3, -0.25) is 4.79 Å². The number of ketones is 1. The number of carbonyl (C=O) groups excluding carboxylic acids is 1. The minimum Gasteiger partial charge on any atom is -0.479 e. The molecule has 0 radical (unpaired) electrons. The van der Waals surface area contributed by atoms with Gasteiger partial charge in [0.25, 0.3) is 6.43 Å². The van der Waals surface area contributed by atoms with Gasteiger partial charge >= 0.3 is 5.97 Å². The van der Waals surface area contributed by atoms with Crippen LogP contribution in [0.3, 0.4) is 0 Å². The fraction of sp³-hybridized carbons (Fsp3) is 0.333. The molecule has 0 saturated carbocycles. The second kappa shape index (κ2) is 6.21. The highest BCUT2D eigenvalue weighted by Crippen LogP contribution is 2.34. The van der Waals surface area contributed by atoms with E-state index < -0.39 is 28.9 Å². The van der Waals surface area contributed by atoms with Crippen molar-refractivity contribution >= 4 is 27.7 Å². The second-order valence-corrected chi connectivity index (χ2v) is 4.82. The van der Waals surface area contributed by atoms with E-state index in [-0.39, 0.29) is 16.9 Å². The van der Waals surface area contributed by atoms with Crippen molar-refractivity contribution in [2.24, 2.45) is 0 Å². The molecule has 2 N–H and O–H groups in total. The first kappa shape index (κ1) is 15.7. The van der Waals surface area contributed by atoms with Gasteiger partial charge in [0.15, 0.2) is 6.10 Å². The number of halogens is 3. The van der Waals surface area contributed by atoms with Gasteiger partial charge in [0.2, 0.25) is 0 Å². The number of carbonyl (C=O) groups is 2. The van der Waals surface area contributed by atoms with Crippen molar-refractivity contribution in [2.75, 3.05) is 0 Å². The van der Waals surface area contributed by atoms with Gasteiger partial charge in [-0.15, -0.1) is 0 Å². The van der Waals surface area contributed by atoms with Gasteiger partial charge in [0, 0.05) is 5.56 Å². The Morgan fingerprint density at radius 1 is 1.26 bits per heavy atom. The smallest absolute Gasteiger partial charge is 0.337 e. The molecule has 1 aromatic carbocycles. The van der Waals surface area contributed by atoms with E-state index in [2.05, 4.69) is 15.9 Å². The quantitative estimate of drug-likeness (QED) is 0.811. The maximum atomic E-state index is 12.9. The van der Waals surface area contributed by atoms with Crippen LogP contribution in [-0.4, -0.2) is 22.0 Å². The Kier molecular flexibility index (Phi) is 5.13. The van der Waals surface area contributed by atoms with E-state index >= 15 is 0 Å². The van der Waals surface area contributed by atoms with Gasteiger partial charge in [-0.1, -0.05) is 28.1 Å². The Balaban J connectivity index is 3.30. The van der Waals surface area contributed by atoms with E-state index in [1.54, 1.807) is 0 Å². The van der Waals surface area contributed by atoms with Crippen LogP contribution in [0, 0.1) is 0 Å². The molecule has 19 heavy (non-hydrogen) atoms. The predicted octanol–water partition coefficient (Wildman–Crippen LogP) is 2.77. The summed E-state index contributed by atoms with van der Waals surface area (Å²) in [5.41, 5.74) is -0.575. The lowest BCUT2D eigenvalue weighted by atomic mass is 9.98. The minimum atomic E-state index is -2.88. The number of alkyl halides is 3. The number of rotatable bonds is 5. The molecule has 7 heteroatoms. The molecule has 0 fully saturated rings. The van der Waals surface area contributed by atoms with E-state index in [9.17, 15) is 23.5 Å². The van der Waals surface area contributed by atoms with Crippen LogP contribution in [0.25, 0.3) is 0 Å². The number of hydrogen-bond donors (Lipinski definition) is 2. The van der Waals surface area contributed by atoms with Gasteiger partial charge < -0.3 is 10.2 Å². The second-order valence-electron chi connectivity index (χ2n) is 3.90. The van der Waals surface area contributed by atoms with Crippen LogP contribution in [0.5, 0.6) is 0 Å². The summed E-state index contributed by atoms with van der Waals surface area (Å²) in [6, 6.07) is 3.32. The summed E-state index contributed by atoms with van der Waals surface area (Å²) in [5.74, 6) is -1.89. The van der Waals surface area contributed by atoms with Gasteiger partial charge in [-0.2, -0.15) is 0 Å². The Bertz CT molecular complexity index is 505. The van der Waals surface area contributed by atoms with Crippen molar-refractivity contribution < 1.29 is 28.6 Å². The zero-order chi connectivity index (χ0) is 14.7. The zero-order valence-electron chi connectivity index (χ0n) is 9.81. The molecule has 104 valence electrons. The molecular weight excluding hydrogens is 326 g/mol. The van der Waals surface area contributed by atoms with Crippen LogP contribution >= 0.6 is 15.9 Å².